The Labute approximate surface area is 210 Å². The van der Waals surface area contributed by atoms with Gasteiger partial charge in [-0.1, -0.05) is 63.1 Å². The van der Waals surface area contributed by atoms with Gasteiger partial charge in [0.25, 0.3) is 0 Å². The van der Waals surface area contributed by atoms with Gasteiger partial charge in [-0.25, -0.2) is 5.57 Å². The third-order valence-corrected chi connectivity index (χ3v) is 4.17. The van der Waals surface area contributed by atoms with Crippen LogP contribution in [0.4, 0.5) is 0 Å². The smallest absolute Gasteiger partial charge is 1.00 e. The first kappa shape index (κ1) is 38.1. The van der Waals surface area contributed by atoms with Crippen LogP contribution in [-0.2, 0) is 26.2 Å². The fourth-order valence-electron chi connectivity index (χ4n) is 2.45. The van der Waals surface area contributed by atoms with E-state index in [1.807, 2.05) is 12.1 Å². The first-order valence-electron chi connectivity index (χ1n) is 7.80. The summed E-state index contributed by atoms with van der Waals surface area (Å²) in [6, 6.07) is 20.7. The molecule has 1 aliphatic rings. The van der Waals surface area contributed by atoms with Crippen LogP contribution in [0.25, 0.3) is 0 Å². The van der Waals surface area contributed by atoms with Crippen molar-refractivity contribution >= 4 is 11.0 Å². The van der Waals surface area contributed by atoms with E-state index in [2.05, 4.69) is 88.7 Å². The average molecular weight is 513 g/mol. The second kappa shape index (κ2) is 19.8. The summed E-state index contributed by atoms with van der Waals surface area (Å²) in [6.07, 6.45) is 5.53. The summed E-state index contributed by atoms with van der Waals surface area (Å²) in [6.45, 7) is 8.67. The Bertz CT molecular complexity index is 630. The van der Waals surface area contributed by atoms with Crippen molar-refractivity contribution in [3.05, 3.63) is 116 Å². The predicted molar refractivity (Wildman–Crippen MR) is 120 cm³/mol. The van der Waals surface area contributed by atoms with Gasteiger partial charge < -0.3 is 39.7 Å². The molecular formula is C24H34Cl2SiZr-4. The molecule has 0 heterocycles. The minimum absolute atomic E-state index is 0. The van der Waals surface area contributed by atoms with Crippen molar-refractivity contribution in [1.82, 2.24) is 0 Å². The molecule has 0 saturated heterocycles. The monoisotopic (exact) mass is 510 g/mol. The quantitative estimate of drug-likeness (QED) is 0.375. The molecule has 2 aromatic rings. The minimum Gasteiger partial charge on any atom is -1.00 e. The molecule has 0 fully saturated rings. The van der Waals surface area contributed by atoms with Gasteiger partial charge in [0.1, 0.15) is 0 Å². The summed E-state index contributed by atoms with van der Waals surface area (Å²) >= 11 is 0. The maximum absolute atomic E-state index is 3.36. The van der Waals surface area contributed by atoms with Crippen molar-refractivity contribution in [3.8, 4) is 0 Å². The molecule has 0 nitrogen and oxygen atoms in total. The van der Waals surface area contributed by atoms with Crippen LogP contribution in [-0.4, -0.2) is 11.0 Å². The van der Waals surface area contributed by atoms with Gasteiger partial charge in [-0.3, -0.25) is 6.08 Å². The molecular weight excluding hydrogens is 478 g/mol. The van der Waals surface area contributed by atoms with Crippen molar-refractivity contribution in [2.24, 2.45) is 5.92 Å². The van der Waals surface area contributed by atoms with Crippen LogP contribution in [0.15, 0.2) is 77.4 Å². The molecule has 0 aromatic heterocycles. The van der Waals surface area contributed by atoms with Gasteiger partial charge in [-0.2, -0.15) is 11.1 Å². The number of benzene rings is 2. The molecule has 0 bridgehead atoms. The Balaban J connectivity index is -0.000000108. The van der Waals surface area contributed by atoms with E-state index in [0.717, 1.165) is 0 Å². The topological polar surface area (TPSA) is 0 Å². The first-order chi connectivity index (χ1) is 10.6. The van der Waals surface area contributed by atoms with Crippen LogP contribution in [0.2, 0.25) is 0 Å². The van der Waals surface area contributed by atoms with Gasteiger partial charge in [0.15, 0.2) is 0 Å². The van der Waals surface area contributed by atoms with E-state index in [-0.39, 0.29) is 76.8 Å². The second-order valence-electron chi connectivity index (χ2n) is 5.76. The summed E-state index contributed by atoms with van der Waals surface area (Å²) < 4.78 is 0. The average Bonchev–Trinajstić information content (AvgIpc) is 2.76. The zero-order valence-corrected chi connectivity index (χ0v) is 21.2. The van der Waals surface area contributed by atoms with Gasteiger partial charge in [0.2, 0.25) is 0 Å². The number of halogens is 2. The van der Waals surface area contributed by atoms with Gasteiger partial charge in [-0.05, 0) is 11.0 Å². The summed E-state index contributed by atoms with van der Waals surface area (Å²) in [5.74, 6) is 0.560. The summed E-state index contributed by atoms with van der Waals surface area (Å²) in [7, 11) is 0. The maximum Gasteiger partial charge on any atom is 2.00 e. The van der Waals surface area contributed by atoms with Crippen LogP contribution in [0.3, 0.4) is 0 Å². The van der Waals surface area contributed by atoms with Gasteiger partial charge in [-0.15, -0.1) is 48.7 Å². The number of hydrogen-bond donors (Lipinski definition) is 0. The van der Waals surface area contributed by atoms with Crippen molar-refractivity contribution < 1.29 is 51.0 Å². The summed E-state index contributed by atoms with van der Waals surface area (Å²) in [4.78, 5) is 0. The minimum atomic E-state index is 0. The van der Waals surface area contributed by atoms with E-state index in [9.17, 15) is 0 Å². The van der Waals surface area contributed by atoms with Crippen molar-refractivity contribution in [2.45, 2.75) is 27.7 Å². The molecule has 0 saturated carbocycles. The molecule has 0 N–H and O–H groups in total. The number of rotatable bonds is 2. The van der Waals surface area contributed by atoms with E-state index in [1.165, 1.54) is 27.8 Å². The molecule has 0 radical (unpaired) electrons. The third kappa shape index (κ3) is 12.1. The van der Waals surface area contributed by atoms with E-state index in [4.69, 9.17) is 0 Å². The van der Waals surface area contributed by atoms with Crippen LogP contribution in [0.5, 0.6) is 0 Å². The number of allylic oxidation sites excluding steroid dienone is 4. The Morgan fingerprint density at radius 3 is 1.32 bits per heavy atom. The summed E-state index contributed by atoms with van der Waals surface area (Å²) in [5.41, 5.74) is 6.73. The molecule has 0 amide bonds. The molecule has 156 valence electrons. The predicted octanol–water partition coefficient (Wildman–Crippen LogP) is -0.536. The second-order valence-corrected chi connectivity index (χ2v) is 5.76. The van der Waals surface area contributed by atoms with Crippen LogP contribution in [0, 0.1) is 33.3 Å². The van der Waals surface area contributed by atoms with Crippen molar-refractivity contribution in [2.75, 3.05) is 0 Å². The van der Waals surface area contributed by atoms with E-state index in [1.54, 1.807) is 0 Å². The molecule has 1 aliphatic carbocycles. The molecule has 28 heavy (non-hydrogen) atoms. The fourth-order valence-corrected chi connectivity index (χ4v) is 2.45. The molecule has 0 aliphatic heterocycles. The molecule has 4 heteroatoms. The van der Waals surface area contributed by atoms with Crippen molar-refractivity contribution in [3.63, 3.8) is 0 Å². The normalized spacial score (nSPS) is 13.1. The zero-order valence-electron chi connectivity index (χ0n) is 17.2. The van der Waals surface area contributed by atoms with Gasteiger partial charge >= 0.3 is 26.2 Å². The number of hydrogen-bond acceptors (Lipinski definition) is 0. The molecule has 1 unspecified atom stereocenters. The summed E-state index contributed by atoms with van der Waals surface area (Å²) in [5, 5.41) is 0. The Morgan fingerprint density at radius 1 is 0.750 bits per heavy atom. The zero-order chi connectivity index (χ0) is 15.9. The molecule has 1 atom stereocenters. The first-order valence-corrected chi connectivity index (χ1v) is 7.80. The van der Waals surface area contributed by atoms with Crippen LogP contribution in [0.1, 0.15) is 38.8 Å². The third-order valence-electron chi connectivity index (χ3n) is 4.17. The van der Waals surface area contributed by atoms with Crippen LogP contribution >= 0.6 is 0 Å². The fraction of sp³-hybridized carbons (Fsp3) is 0.208. The SMILES string of the molecule is CC1=[C-]C(C)C(C)=C1C.[CH3-].[CH3-].[Cl-].[Cl-].[SiH4].[Zr+2].c1ccc([CH-]c2ccccc2)cc1. The molecule has 2 aromatic carbocycles. The molecule has 3 rings (SSSR count). The van der Waals surface area contributed by atoms with Crippen molar-refractivity contribution in [1.29, 1.82) is 0 Å². The Morgan fingerprint density at radius 2 is 1.11 bits per heavy atom. The van der Waals surface area contributed by atoms with E-state index in [0.29, 0.717) is 5.92 Å². The standard InChI is InChI=1S/C13H11.C9H13.2CH3.2ClH.H4Si.Zr/c1-3-7-12(8-4-1)11-13-9-5-2-6-10-13;1-6-5-7(2)9(4)8(6)3;;;;;;/h1-11H;6H,1-4H3;2*1H3;2*1H;1H4;/q4*-1;;;;+2/p-2. The van der Waals surface area contributed by atoms with Gasteiger partial charge in [0, 0.05) is 0 Å². The van der Waals surface area contributed by atoms with Crippen LogP contribution < -0.4 is 24.8 Å². The Kier molecular flexibility index (Phi) is 26.9. The molecule has 0 spiro atoms. The van der Waals surface area contributed by atoms with Gasteiger partial charge in [0.05, 0.1) is 0 Å². The largest absolute Gasteiger partial charge is 2.00 e. The maximum atomic E-state index is 3.36. The van der Waals surface area contributed by atoms with E-state index >= 15 is 0 Å². The van der Waals surface area contributed by atoms with E-state index < -0.39 is 0 Å². The Hall–Kier alpha value is -0.530.